The molecular formula is C14H17NO4. The van der Waals surface area contributed by atoms with Gasteiger partial charge in [0.05, 0.1) is 13.0 Å². The van der Waals surface area contributed by atoms with Crippen molar-refractivity contribution in [2.24, 2.45) is 11.8 Å². The van der Waals surface area contributed by atoms with E-state index >= 15 is 0 Å². The minimum absolute atomic E-state index is 0.0794. The minimum atomic E-state index is -0.426. The van der Waals surface area contributed by atoms with Gasteiger partial charge in [0.1, 0.15) is 5.75 Å². The number of para-hydroxylation sites is 1. The lowest BCUT2D eigenvalue weighted by Crippen LogP contribution is -2.32. The van der Waals surface area contributed by atoms with Crippen molar-refractivity contribution in [2.45, 2.75) is 6.92 Å². The van der Waals surface area contributed by atoms with E-state index in [1.807, 2.05) is 13.0 Å². The molecule has 1 amide bonds. The maximum atomic E-state index is 12.0. The normalized spacial score (nSPS) is 22.1. The molecule has 0 radical (unpaired) electrons. The fraction of sp³-hybridized carbons (Fsp3) is 0.429. The number of esters is 1. The first-order valence-corrected chi connectivity index (χ1v) is 6.21. The van der Waals surface area contributed by atoms with E-state index in [-0.39, 0.29) is 17.8 Å². The summed E-state index contributed by atoms with van der Waals surface area (Å²) < 4.78 is 9.98. The van der Waals surface area contributed by atoms with Crippen LogP contribution in [0, 0.1) is 11.8 Å². The molecule has 0 bridgehead atoms. The quantitative estimate of drug-likeness (QED) is 0.765. The summed E-state index contributed by atoms with van der Waals surface area (Å²) in [5.74, 6) is 0.0354. The van der Waals surface area contributed by atoms with Gasteiger partial charge in [-0.15, -0.1) is 0 Å². The largest absolute Gasteiger partial charge is 0.469 e. The third-order valence-electron chi connectivity index (χ3n) is 3.32. The zero-order chi connectivity index (χ0) is 13.8. The predicted octanol–water partition coefficient (Wildman–Crippen LogP) is 1.93. The maximum absolute atomic E-state index is 12.0. The van der Waals surface area contributed by atoms with Crippen molar-refractivity contribution in [3.8, 4) is 5.75 Å². The van der Waals surface area contributed by atoms with E-state index in [2.05, 4.69) is 0 Å². The third kappa shape index (κ3) is 3.05. The van der Waals surface area contributed by atoms with Crippen LogP contribution in [-0.2, 0) is 9.53 Å². The first kappa shape index (κ1) is 13.4. The van der Waals surface area contributed by atoms with Gasteiger partial charge < -0.3 is 14.4 Å². The molecule has 0 saturated carbocycles. The number of methoxy groups -OCH3 is 1. The SMILES string of the molecule is COC(=O)C1CN(C(=O)Oc2ccccc2)CC1C. The number of carbonyl (C=O) groups is 2. The van der Waals surface area contributed by atoms with Crippen LogP contribution >= 0.6 is 0 Å². The second kappa shape index (κ2) is 5.73. The van der Waals surface area contributed by atoms with Gasteiger partial charge in [0, 0.05) is 13.1 Å². The van der Waals surface area contributed by atoms with E-state index < -0.39 is 6.09 Å². The Bertz CT molecular complexity index is 460. The van der Waals surface area contributed by atoms with E-state index in [9.17, 15) is 9.59 Å². The average Bonchev–Trinajstić information content (AvgIpc) is 2.81. The molecule has 5 nitrogen and oxygen atoms in total. The molecule has 1 aliphatic heterocycles. The van der Waals surface area contributed by atoms with Crippen LogP contribution in [-0.4, -0.2) is 37.2 Å². The van der Waals surface area contributed by atoms with Crippen LogP contribution in [0.5, 0.6) is 5.75 Å². The number of rotatable bonds is 2. The summed E-state index contributed by atoms with van der Waals surface area (Å²) in [7, 11) is 1.36. The van der Waals surface area contributed by atoms with Crippen molar-refractivity contribution >= 4 is 12.1 Å². The van der Waals surface area contributed by atoms with Crippen LogP contribution in [0.1, 0.15) is 6.92 Å². The fourth-order valence-electron chi connectivity index (χ4n) is 2.23. The van der Waals surface area contributed by atoms with E-state index in [1.165, 1.54) is 7.11 Å². The first-order valence-electron chi connectivity index (χ1n) is 6.21. The van der Waals surface area contributed by atoms with Crippen molar-refractivity contribution in [1.29, 1.82) is 0 Å². The molecule has 0 spiro atoms. The van der Waals surface area contributed by atoms with Crippen molar-refractivity contribution in [2.75, 3.05) is 20.2 Å². The predicted molar refractivity (Wildman–Crippen MR) is 68.7 cm³/mol. The summed E-state index contributed by atoms with van der Waals surface area (Å²) in [5, 5.41) is 0. The number of ether oxygens (including phenoxy) is 2. The Labute approximate surface area is 112 Å². The third-order valence-corrected chi connectivity index (χ3v) is 3.32. The van der Waals surface area contributed by atoms with Crippen molar-refractivity contribution < 1.29 is 19.1 Å². The molecule has 5 heteroatoms. The standard InChI is InChI=1S/C14H17NO4/c1-10-8-15(9-12(10)13(16)18-2)14(17)19-11-6-4-3-5-7-11/h3-7,10,12H,8-9H2,1-2H3. The molecule has 0 aromatic heterocycles. The van der Waals surface area contributed by atoms with Gasteiger partial charge in [-0.05, 0) is 18.1 Å². The number of likely N-dealkylation sites (tertiary alicyclic amines) is 1. The second-order valence-electron chi connectivity index (χ2n) is 4.69. The first-order chi connectivity index (χ1) is 9.11. The summed E-state index contributed by atoms with van der Waals surface area (Å²) in [6.45, 7) is 2.78. The average molecular weight is 263 g/mol. The number of nitrogens with zero attached hydrogens (tertiary/aromatic N) is 1. The Hall–Kier alpha value is -2.04. The molecule has 1 heterocycles. The van der Waals surface area contributed by atoms with Crippen LogP contribution in [0.4, 0.5) is 4.79 Å². The number of hydrogen-bond acceptors (Lipinski definition) is 4. The highest BCUT2D eigenvalue weighted by Crippen LogP contribution is 2.25. The Balaban J connectivity index is 1.96. The molecule has 0 aliphatic carbocycles. The molecule has 102 valence electrons. The lowest BCUT2D eigenvalue weighted by atomic mass is 9.99. The molecule has 1 aromatic rings. The lowest BCUT2D eigenvalue weighted by Gasteiger charge is -2.15. The Morgan fingerprint density at radius 3 is 2.53 bits per heavy atom. The van der Waals surface area contributed by atoms with Crippen LogP contribution in [0.15, 0.2) is 30.3 Å². The van der Waals surface area contributed by atoms with Gasteiger partial charge in [-0.1, -0.05) is 25.1 Å². The maximum Gasteiger partial charge on any atom is 0.415 e. The molecule has 0 N–H and O–H groups in total. The molecule has 1 aromatic carbocycles. The van der Waals surface area contributed by atoms with E-state index in [0.717, 1.165) is 0 Å². The van der Waals surface area contributed by atoms with E-state index in [0.29, 0.717) is 18.8 Å². The molecule has 19 heavy (non-hydrogen) atoms. The summed E-state index contributed by atoms with van der Waals surface area (Å²) in [4.78, 5) is 25.1. The molecule has 1 fully saturated rings. The van der Waals surface area contributed by atoms with Gasteiger partial charge in [0.15, 0.2) is 0 Å². The van der Waals surface area contributed by atoms with Gasteiger partial charge >= 0.3 is 12.1 Å². The highest BCUT2D eigenvalue weighted by Gasteiger charge is 2.38. The highest BCUT2D eigenvalue weighted by molar-refractivity contribution is 5.76. The molecule has 2 unspecified atom stereocenters. The molecule has 2 atom stereocenters. The van der Waals surface area contributed by atoms with E-state index in [4.69, 9.17) is 9.47 Å². The zero-order valence-electron chi connectivity index (χ0n) is 11.0. The van der Waals surface area contributed by atoms with Crippen LogP contribution in [0.25, 0.3) is 0 Å². The molecular weight excluding hydrogens is 246 g/mol. The number of amides is 1. The van der Waals surface area contributed by atoms with Gasteiger partial charge in [-0.2, -0.15) is 0 Å². The van der Waals surface area contributed by atoms with Crippen LogP contribution in [0.2, 0.25) is 0 Å². The topological polar surface area (TPSA) is 55.8 Å². The summed E-state index contributed by atoms with van der Waals surface area (Å²) in [5.41, 5.74) is 0. The number of benzene rings is 1. The van der Waals surface area contributed by atoms with Crippen molar-refractivity contribution in [3.63, 3.8) is 0 Å². The lowest BCUT2D eigenvalue weighted by molar-refractivity contribution is -0.146. The van der Waals surface area contributed by atoms with Gasteiger partial charge in [-0.3, -0.25) is 4.79 Å². The second-order valence-corrected chi connectivity index (χ2v) is 4.69. The Morgan fingerprint density at radius 1 is 1.21 bits per heavy atom. The number of hydrogen-bond donors (Lipinski definition) is 0. The van der Waals surface area contributed by atoms with Crippen molar-refractivity contribution in [1.82, 2.24) is 4.90 Å². The van der Waals surface area contributed by atoms with E-state index in [1.54, 1.807) is 29.2 Å². The molecule has 1 saturated heterocycles. The number of carbonyl (C=O) groups excluding carboxylic acids is 2. The van der Waals surface area contributed by atoms with Gasteiger partial charge in [-0.25, -0.2) is 4.79 Å². The van der Waals surface area contributed by atoms with Crippen LogP contribution < -0.4 is 4.74 Å². The smallest absolute Gasteiger partial charge is 0.415 e. The summed E-state index contributed by atoms with van der Waals surface area (Å²) in [6.07, 6.45) is -0.426. The fourth-order valence-corrected chi connectivity index (χ4v) is 2.23. The summed E-state index contributed by atoms with van der Waals surface area (Å²) >= 11 is 0. The van der Waals surface area contributed by atoms with Crippen molar-refractivity contribution in [3.05, 3.63) is 30.3 Å². The Morgan fingerprint density at radius 2 is 1.89 bits per heavy atom. The monoisotopic (exact) mass is 263 g/mol. The molecule has 1 aliphatic rings. The van der Waals surface area contributed by atoms with Gasteiger partial charge in [0.2, 0.25) is 0 Å². The minimum Gasteiger partial charge on any atom is -0.469 e. The zero-order valence-corrected chi connectivity index (χ0v) is 11.0. The molecule has 2 rings (SSSR count). The highest BCUT2D eigenvalue weighted by atomic mass is 16.6. The Kier molecular flexibility index (Phi) is 4.04. The van der Waals surface area contributed by atoms with Crippen LogP contribution in [0.3, 0.4) is 0 Å². The van der Waals surface area contributed by atoms with Gasteiger partial charge in [0.25, 0.3) is 0 Å². The summed E-state index contributed by atoms with van der Waals surface area (Å²) in [6, 6.07) is 8.88.